The number of benzene rings is 2. The first kappa shape index (κ1) is 19.2. The normalized spacial score (nSPS) is 17.1. The highest BCUT2D eigenvalue weighted by Crippen LogP contribution is 2.46. The summed E-state index contributed by atoms with van der Waals surface area (Å²) in [7, 11) is 0. The van der Waals surface area contributed by atoms with E-state index in [0.717, 1.165) is 35.0 Å². The molecular weight excluding hydrogens is 449 g/mol. The quantitative estimate of drug-likeness (QED) is 0.542. The van der Waals surface area contributed by atoms with Crippen molar-refractivity contribution in [3.63, 3.8) is 0 Å². The molecule has 1 aliphatic heterocycles. The van der Waals surface area contributed by atoms with Crippen molar-refractivity contribution in [1.29, 1.82) is 0 Å². The summed E-state index contributed by atoms with van der Waals surface area (Å²) in [5.74, 6) is -1.42. The summed E-state index contributed by atoms with van der Waals surface area (Å²) in [6, 6.07) is 12.3. The van der Waals surface area contributed by atoms with E-state index in [2.05, 4.69) is 20.9 Å². The number of nitrogens with zero attached hydrogens (tertiary/aromatic N) is 3. The van der Waals surface area contributed by atoms with Gasteiger partial charge in [-0.15, -0.1) is 0 Å². The van der Waals surface area contributed by atoms with Crippen LogP contribution in [0.4, 0.5) is 4.39 Å². The van der Waals surface area contributed by atoms with Crippen molar-refractivity contribution in [3.8, 4) is 5.69 Å². The van der Waals surface area contributed by atoms with Gasteiger partial charge < -0.3 is 5.11 Å². The fraction of sp³-hybridized carbons (Fsp3) is 0.261. The zero-order valence-corrected chi connectivity index (χ0v) is 17.7. The topological polar surface area (TPSA) is 67.5 Å². The number of hydrogen-bond acceptors (Lipinski definition) is 3. The summed E-state index contributed by atoms with van der Waals surface area (Å²) in [6.07, 6.45) is 5.89. The molecule has 1 aromatic heterocycles. The molecule has 2 aromatic carbocycles. The second kappa shape index (κ2) is 7.16. The van der Waals surface area contributed by atoms with E-state index in [0.29, 0.717) is 29.8 Å². The van der Waals surface area contributed by atoms with E-state index < -0.39 is 11.5 Å². The molecule has 5 nitrogen and oxygen atoms in total. The molecule has 1 aliphatic carbocycles. The number of hydrogen-bond donors (Lipinski definition) is 1. The largest absolute Gasteiger partial charge is 0.476 e. The predicted octanol–water partition coefficient (Wildman–Crippen LogP) is 5.48. The molecule has 0 saturated heterocycles. The van der Waals surface area contributed by atoms with Gasteiger partial charge in [-0.3, -0.25) is 9.56 Å². The van der Waals surface area contributed by atoms with Crippen molar-refractivity contribution in [2.75, 3.05) is 0 Å². The standard InChI is InChI=1S/C23H19BrFN3O2/c24-14-8-9-18-16(12-14)19(15-6-2-3-7-17(15)25)27-23(10-4-1-5-11-23)21-20(22(29)30)26-13-28(18)21/h2-3,6-9,12-13H,1,4-5,10-11H2,(H,29,30). The van der Waals surface area contributed by atoms with E-state index in [1.54, 1.807) is 24.5 Å². The number of rotatable bonds is 2. The Morgan fingerprint density at radius 1 is 1.10 bits per heavy atom. The number of carbonyl (C=O) groups is 1. The van der Waals surface area contributed by atoms with E-state index in [-0.39, 0.29) is 11.5 Å². The molecule has 1 fully saturated rings. The molecule has 5 rings (SSSR count). The summed E-state index contributed by atoms with van der Waals surface area (Å²) in [4.78, 5) is 21.5. The van der Waals surface area contributed by atoms with Crippen LogP contribution >= 0.6 is 15.9 Å². The SMILES string of the molecule is O=C(O)c1ncn2c1C1(CCCCC1)N=C(c1ccccc1F)c1cc(Br)ccc1-2. The molecule has 0 radical (unpaired) electrons. The lowest BCUT2D eigenvalue weighted by atomic mass is 9.78. The molecule has 1 N–H and O–H groups in total. The summed E-state index contributed by atoms with van der Waals surface area (Å²) < 4.78 is 17.6. The number of halogens is 2. The van der Waals surface area contributed by atoms with Gasteiger partial charge in [-0.25, -0.2) is 14.2 Å². The maximum Gasteiger partial charge on any atom is 0.356 e. The molecule has 2 heterocycles. The van der Waals surface area contributed by atoms with Gasteiger partial charge in [0.2, 0.25) is 0 Å². The first-order valence-electron chi connectivity index (χ1n) is 9.96. The number of aliphatic imine (C=N–C) groups is 1. The average Bonchev–Trinajstić information content (AvgIpc) is 3.16. The minimum Gasteiger partial charge on any atom is -0.476 e. The van der Waals surface area contributed by atoms with Gasteiger partial charge in [-0.05, 0) is 43.2 Å². The Kier molecular flexibility index (Phi) is 4.58. The summed E-state index contributed by atoms with van der Waals surface area (Å²) in [5, 5.41) is 9.86. The van der Waals surface area contributed by atoms with Gasteiger partial charge >= 0.3 is 5.97 Å². The second-order valence-electron chi connectivity index (χ2n) is 7.81. The van der Waals surface area contributed by atoms with Crippen molar-refractivity contribution in [1.82, 2.24) is 9.55 Å². The van der Waals surface area contributed by atoms with Crippen LogP contribution in [0.25, 0.3) is 5.69 Å². The molecule has 30 heavy (non-hydrogen) atoms. The van der Waals surface area contributed by atoms with Gasteiger partial charge in [0, 0.05) is 15.6 Å². The Morgan fingerprint density at radius 3 is 2.60 bits per heavy atom. The molecule has 152 valence electrons. The van der Waals surface area contributed by atoms with E-state index in [1.165, 1.54) is 6.07 Å². The first-order chi connectivity index (χ1) is 14.5. The number of fused-ring (bicyclic) bond motifs is 4. The molecule has 1 spiro atoms. The van der Waals surface area contributed by atoms with E-state index in [9.17, 15) is 14.3 Å². The summed E-state index contributed by atoms with van der Waals surface area (Å²) in [6.45, 7) is 0. The van der Waals surface area contributed by atoms with Crippen molar-refractivity contribution in [2.24, 2.45) is 4.99 Å². The van der Waals surface area contributed by atoms with Crippen LogP contribution in [-0.4, -0.2) is 26.3 Å². The maximum atomic E-state index is 14.9. The Labute approximate surface area is 181 Å². The van der Waals surface area contributed by atoms with Crippen LogP contribution in [0.3, 0.4) is 0 Å². The van der Waals surface area contributed by atoms with Gasteiger partial charge in [-0.1, -0.05) is 47.3 Å². The fourth-order valence-electron chi connectivity index (χ4n) is 4.71. The van der Waals surface area contributed by atoms with E-state index in [4.69, 9.17) is 4.99 Å². The summed E-state index contributed by atoms with van der Waals surface area (Å²) in [5.41, 5.74) is 2.30. The molecule has 2 aliphatic rings. The molecule has 3 aromatic rings. The number of carboxylic acids is 1. The third-order valence-electron chi connectivity index (χ3n) is 6.02. The predicted molar refractivity (Wildman–Crippen MR) is 115 cm³/mol. The van der Waals surface area contributed by atoms with Crippen molar-refractivity contribution < 1.29 is 14.3 Å². The Hall–Kier alpha value is -2.80. The smallest absolute Gasteiger partial charge is 0.356 e. The Balaban J connectivity index is 1.90. The van der Waals surface area contributed by atoms with Crippen LogP contribution in [0.5, 0.6) is 0 Å². The number of carboxylic acid groups (broad SMARTS) is 1. The van der Waals surface area contributed by atoms with Crippen LogP contribution in [0, 0.1) is 5.82 Å². The third-order valence-corrected chi connectivity index (χ3v) is 6.51. The van der Waals surface area contributed by atoms with Gasteiger partial charge in [0.15, 0.2) is 5.69 Å². The minimum absolute atomic E-state index is 0.0179. The van der Waals surface area contributed by atoms with Gasteiger partial charge in [0.05, 0.1) is 17.1 Å². The van der Waals surface area contributed by atoms with E-state index >= 15 is 0 Å². The van der Waals surface area contributed by atoms with Gasteiger partial charge in [0.25, 0.3) is 0 Å². The zero-order valence-electron chi connectivity index (χ0n) is 16.1. The monoisotopic (exact) mass is 467 g/mol. The van der Waals surface area contributed by atoms with Crippen LogP contribution in [0.1, 0.15) is 59.4 Å². The first-order valence-corrected chi connectivity index (χ1v) is 10.8. The zero-order chi connectivity index (χ0) is 20.9. The van der Waals surface area contributed by atoms with Crippen molar-refractivity contribution >= 4 is 27.6 Å². The lowest BCUT2D eigenvalue weighted by Gasteiger charge is -2.34. The number of aromatic carboxylic acids is 1. The van der Waals surface area contributed by atoms with Crippen LogP contribution in [-0.2, 0) is 5.54 Å². The van der Waals surface area contributed by atoms with Gasteiger partial charge in [-0.2, -0.15) is 0 Å². The maximum absolute atomic E-state index is 14.9. The highest BCUT2D eigenvalue weighted by atomic mass is 79.9. The number of aromatic nitrogens is 2. The molecule has 0 atom stereocenters. The third kappa shape index (κ3) is 2.91. The van der Waals surface area contributed by atoms with Crippen LogP contribution < -0.4 is 0 Å². The lowest BCUT2D eigenvalue weighted by Crippen LogP contribution is -2.31. The van der Waals surface area contributed by atoms with Gasteiger partial charge in [0.1, 0.15) is 17.7 Å². The van der Waals surface area contributed by atoms with Crippen LogP contribution in [0.15, 0.2) is 58.3 Å². The molecule has 0 unspecified atom stereocenters. The molecule has 0 amide bonds. The van der Waals surface area contributed by atoms with Crippen LogP contribution in [0.2, 0.25) is 0 Å². The average molecular weight is 468 g/mol. The summed E-state index contributed by atoms with van der Waals surface area (Å²) >= 11 is 3.52. The molecule has 1 saturated carbocycles. The second-order valence-corrected chi connectivity index (χ2v) is 8.73. The molecule has 7 heteroatoms. The Bertz CT molecular complexity index is 1190. The lowest BCUT2D eigenvalue weighted by molar-refractivity contribution is 0.0686. The number of imidazole rings is 1. The van der Waals surface area contributed by atoms with Crippen molar-refractivity contribution in [2.45, 2.75) is 37.6 Å². The van der Waals surface area contributed by atoms with Crippen molar-refractivity contribution in [3.05, 3.63) is 81.6 Å². The Morgan fingerprint density at radius 2 is 1.87 bits per heavy atom. The molecular formula is C23H19BrFN3O2. The fourth-order valence-corrected chi connectivity index (χ4v) is 5.07. The molecule has 0 bridgehead atoms. The highest BCUT2D eigenvalue weighted by Gasteiger charge is 2.43. The highest BCUT2D eigenvalue weighted by molar-refractivity contribution is 9.10. The van der Waals surface area contributed by atoms with E-state index in [1.807, 2.05) is 22.8 Å². The minimum atomic E-state index is -1.07.